The molecule has 0 fully saturated rings. The van der Waals surface area contributed by atoms with Crippen LogP contribution in [0, 0.1) is 6.92 Å². The number of hydrogen-bond donors (Lipinski definition) is 0. The highest BCUT2D eigenvalue weighted by Gasteiger charge is 2.16. The average molecular weight is 332 g/mol. The fourth-order valence-corrected chi connectivity index (χ4v) is 4.23. The molecule has 0 spiro atoms. The van der Waals surface area contributed by atoms with Gasteiger partial charge in [-0.2, -0.15) is 0 Å². The number of fused-ring (bicyclic) bond motifs is 1. The molecule has 0 atom stereocenters. The Morgan fingerprint density at radius 1 is 1.14 bits per heavy atom. The van der Waals surface area contributed by atoms with Crippen molar-refractivity contribution in [1.29, 1.82) is 0 Å². The molecule has 1 aromatic carbocycles. The summed E-state index contributed by atoms with van der Waals surface area (Å²) in [6, 6.07) is 7.78. The Morgan fingerprint density at radius 2 is 2.00 bits per heavy atom. The zero-order valence-corrected chi connectivity index (χ0v) is 13.5. The lowest BCUT2D eigenvalue weighted by Gasteiger charge is -1.99. The molecule has 104 valence electrons. The molecule has 4 rings (SSSR count). The molecule has 0 N–H and O–H groups in total. The second kappa shape index (κ2) is 4.94. The third-order valence-electron chi connectivity index (χ3n) is 3.29. The quantitative estimate of drug-likeness (QED) is 0.508. The highest BCUT2D eigenvalue weighted by molar-refractivity contribution is 7.15. The Labute approximate surface area is 134 Å². The van der Waals surface area contributed by atoms with Crippen LogP contribution in [0.5, 0.6) is 0 Å². The molecular formula is C15H10ClN3S2. The van der Waals surface area contributed by atoms with Crippen LogP contribution in [0.1, 0.15) is 5.69 Å². The number of benzene rings is 1. The summed E-state index contributed by atoms with van der Waals surface area (Å²) in [5, 5.41) is 5.77. The molecule has 6 heteroatoms. The topological polar surface area (TPSA) is 30.2 Å². The zero-order chi connectivity index (χ0) is 14.4. The Kier molecular flexibility index (Phi) is 3.06. The van der Waals surface area contributed by atoms with E-state index in [2.05, 4.69) is 9.38 Å². The molecule has 0 bridgehead atoms. The van der Waals surface area contributed by atoms with Gasteiger partial charge in [0.05, 0.1) is 11.4 Å². The number of rotatable bonds is 2. The lowest BCUT2D eigenvalue weighted by molar-refractivity contribution is 1.21. The maximum atomic E-state index is 6.25. The van der Waals surface area contributed by atoms with Crippen molar-refractivity contribution in [3.8, 4) is 22.0 Å². The van der Waals surface area contributed by atoms with E-state index < -0.39 is 0 Å². The smallest absolute Gasteiger partial charge is 0.194 e. The fraction of sp³-hybridized carbons (Fsp3) is 0.0667. The van der Waals surface area contributed by atoms with E-state index in [-0.39, 0.29) is 0 Å². The minimum atomic E-state index is 0.722. The number of hydrogen-bond acceptors (Lipinski definition) is 4. The fourth-order valence-electron chi connectivity index (χ4n) is 2.33. The minimum absolute atomic E-state index is 0.722. The summed E-state index contributed by atoms with van der Waals surface area (Å²) in [6.45, 7) is 2.02. The number of nitrogens with zero attached hydrogens (tertiary/aromatic N) is 3. The van der Waals surface area contributed by atoms with Gasteiger partial charge in [-0.3, -0.25) is 4.40 Å². The molecule has 3 nitrogen and oxygen atoms in total. The molecule has 21 heavy (non-hydrogen) atoms. The van der Waals surface area contributed by atoms with Crippen molar-refractivity contribution in [2.24, 2.45) is 0 Å². The van der Waals surface area contributed by atoms with E-state index in [4.69, 9.17) is 16.6 Å². The van der Waals surface area contributed by atoms with Gasteiger partial charge in [-0.15, -0.1) is 22.7 Å². The molecule has 0 aliphatic heterocycles. The van der Waals surface area contributed by atoms with Crippen LogP contribution in [-0.2, 0) is 0 Å². The van der Waals surface area contributed by atoms with Crippen LogP contribution in [-0.4, -0.2) is 14.4 Å². The van der Waals surface area contributed by atoms with Gasteiger partial charge in [0.15, 0.2) is 4.96 Å². The lowest BCUT2D eigenvalue weighted by atomic mass is 10.2. The maximum absolute atomic E-state index is 6.25. The second-order valence-corrected chi connectivity index (χ2v) is 6.76. The first-order chi connectivity index (χ1) is 10.2. The number of halogens is 1. The van der Waals surface area contributed by atoms with Crippen LogP contribution in [0.3, 0.4) is 0 Å². The van der Waals surface area contributed by atoms with Gasteiger partial charge < -0.3 is 0 Å². The minimum Gasteiger partial charge on any atom is -0.288 e. The largest absolute Gasteiger partial charge is 0.288 e. The van der Waals surface area contributed by atoms with E-state index in [9.17, 15) is 0 Å². The first kappa shape index (κ1) is 13.0. The maximum Gasteiger partial charge on any atom is 0.194 e. The van der Waals surface area contributed by atoms with E-state index in [1.54, 1.807) is 22.7 Å². The van der Waals surface area contributed by atoms with Crippen molar-refractivity contribution in [2.45, 2.75) is 6.92 Å². The van der Waals surface area contributed by atoms with Crippen molar-refractivity contribution in [3.05, 3.63) is 51.9 Å². The third-order valence-corrected chi connectivity index (χ3v) is 5.23. The van der Waals surface area contributed by atoms with Crippen molar-refractivity contribution in [3.63, 3.8) is 0 Å². The van der Waals surface area contributed by atoms with Crippen molar-refractivity contribution < 1.29 is 0 Å². The molecule has 0 saturated carbocycles. The van der Waals surface area contributed by atoms with Crippen molar-refractivity contribution in [2.75, 3.05) is 0 Å². The highest BCUT2D eigenvalue weighted by atomic mass is 35.5. The monoisotopic (exact) mass is 331 g/mol. The standard InChI is InChI=1S/C15H10ClN3S2/c1-9-13(19-6-7-20-15(19)17-9)14-18-12(8-21-14)10-4-2-3-5-11(10)16/h2-8H,1H3. The molecule has 0 radical (unpaired) electrons. The SMILES string of the molecule is Cc1nc2sccn2c1-c1nc(-c2ccccc2Cl)cs1. The highest BCUT2D eigenvalue weighted by Crippen LogP contribution is 2.34. The first-order valence-electron chi connectivity index (χ1n) is 6.37. The average Bonchev–Trinajstić information content (AvgIpc) is 3.15. The summed E-state index contributed by atoms with van der Waals surface area (Å²) >= 11 is 9.50. The molecule has 0 aliphatic rings. The van der Waals surface area contributed by atoms with Crippen LogP contribution in [0.15, 0.2) is 41.2 Å². The van der Waals surface area contributed by atoms with Gasteiger partial charge in [-0.25, -0.2) is 9.97 Å². The second-order valence-electron chi connectivity index (χ2n) is 4.62. The van der Waals surface area contributed by atoms with E-state index in [0.29, 0.717) is 0 Å². The van der Waals surface area contributed by atoms with Gasteiger partial charge in [0.25, 0.3) is 0 Å². The van der Waals surface area contributed by atoms with E-state index in [1.165, 1.54) is 0 Å². The number of imidazole rings is 1. The van der Waals surface area contributed by atoms with E-state index in [0.717, 1.165) is 37.6 Å². The van der Waals surface area contributed by atoms with Crippen LogP contribution in [0.25, 0.3) is 26.9 Å². The van der Waals surface area contributed by atoms with Gasteiger partial charge >= 0.3 is 0 Å². The summed E-state index contributed by atoms with van der Waals surface area (Å²) in [4.78, 5) is 10.3. The zero-order valence-electron chi connectivity index (χ0n) is 11.1. The van der Waals surface area contributed by atoms with Crippen molar-refractivity contribution >= 4 is 39.2 Å². The number of thiazole rings is 2. The molecule has 3 heterocycles. The summed E-state index contributed by atoms with van der Waals surface area (Å²) in [5.74, 6) is 0. The van der Waals surface area contributed by atoms with Gasteiger partial charge in [-0.05, 0) is 13.0 Å². The Balaban J connectivity index is 1.87. The molecule has 0 aliphatic carbocycles. The van der Waals surface area contributed by atoms with E-state index >= 15 is 0 Å². The predicted molar refractivity (Wildman–Crippen MR) is 89.4 cm³/mol. The van der Waals surface area contributed by atoms with Crippen LogP contribution in [0.4, 0.5) is 0 Å². The normalized spacial score (nSPS) is 11.3. The lowest BCUT2D eigenvalue weighted by Crippen LogP contribution is -1.86. The summed E-state index contributed by atoms with van der Waals surface area (Å²) in [7, 11) is 0. The summed E-state index contributed by atoms with van der Waals surface area (Å²) < 4.78 is 2.09. The van der Waals surface area contributed by atoms with Gasteiger partial charge in [0.1, 0.15) is 10.7 Å². The van der Waals surface area contributed by atoms with Gasteiger partial charge in [0, 0.05) is 27.5 Å². The Morgan fingerprint density at radius 3 is 2.86 bits per heavy atom. The number of aryl methyl sites for hydroxylation is 1. The molecule has 3 aromatic heterocycles. The summed E-state index contributed by atoms with van der Waals surface area (Å²) in [6.07, 6.45) is 2.03. The van der Waals surface area contributed by atoms with Gasteiger partial charge in [-0.1, -0.05) is 29.8 Å². The van der Waals surface area contributed by atoms with Crippen molar-refractivity contribution in [1.82, 2.24) is 14.4 Å². The van der Waals surface area contributed by atoms with E-state index in [1.807, 2.05) is 48.1 Å². The third kappa shape index (κ3) is 2.09. The Bertz CT molecular complexity index is 935. The van der Waals surface area contributed by atoms with Gasteiger partial charge in [0.2, 0.25) is 0 Å². The predicted octanol–water partition coefficient (Wildman–Crippen LogP) is 5.15. The Hall–Kier alpha value is -1.69. The van der Waals surface area contributed by atoms with Crippen LogP contribution < -0.4 is 0 Å². The van der Waals surface area contributed by atoms with Crippen LogP contribution in [0.2, 0.25) is 5.02 Å². The van der Waals surface area contributed by atoms with Crippen LogP contribution >= 0.6 is 34.3 Å². The first-order valence-corrected chi connectivity index (χ1v) is 8.51. The molecular weight excluding hydrogens is 322 g/mol. The molecule has 0 amide bonds. The summed E-state index contributed by atoms with van der Waals surface area (Å²) in [5.41, 5.74) is 3.94. The molecule has 4 aromatic rings. The molecule has 0 saturated heterocycles. The number of aromatic nitrogens is 3. The molecule has 0 unspecified atom stereocenters.